The zero-order chi connectivity index (χ0) is 16.4. The van der Waals surface area contributed by atoms with Crippen molar-refractivity contribution in [1.29, 1.82) is 0 Å². The minimum Gasteiger partial charge on any atom is -0.365 e. The fourth-order valence-electron chi connectivity index (χ4n) is 2.23. The lowest BCUT2D eigenvalue weighted by molar-refractivity contribution is 0.598. The maximum Gasteiger partial charge on any atom is 0.217 e. The minimum absolute atomic E-state index is 0. The van der Waals surface area contributed by atoms with Crippen LogP contribution in [-0.4, -0.2) is 20.4 Å². The van der Waals surface area contributed by atoms with Crippen molar-refractivity contribution in [3.8, 4) is 11.1 Å². The summed E-state index contributed by atoms with van der Waals surface area (Å²) < 4.78 is 26.1. The molecule has 24 heavy (non-hydrogen) atoms. The number of thiazole rings is 1. The average molecular weight is 401 g/mol. The molecule has 0 aliphatic heterocycles. The van der Waals surface area contributed by atoms with Gasteiger partial charge in [0.25, 0.3) is 0 Å². The Balaban J connectivity index is 0.00000208. The molecule has 0 unspecified atom stereocenters. The van der Waals surface area contributed by atoms with Gasteiger partial charge in [0, 0.05) is 7.05 Å². The van der Waals surface area contributed by atoms with Crippen LogP contribution in [0.15, 0.2) is 50.3 Å². The first-order chi connectivity index (χ1) is 11.0. The third-order valence-electron chi connectivity index (χ3n) is 3.50. The molecule has 3 aromatic rings. The first kappa shape index (κ1) is 18.9. The van der Waals surface area contributed by atoms with E-state index in [9.17, 15) is 8.42 Å². The average Bonchev–Trinajstić information content (AvgIpc) is 3.25. The minimum atomic E-state index is -3.55. The van der Waals surface area contributed by atoms with Gasteiger partial charge < -0.3 is 5.32 Å². The number of rotatable bonds is 5. The Morgan fingerprint density at radius 2 is 2.00 bits per heavy atom. The zero-order valence-corrected chi connectivity index (χ0v) is 16.4. The predicted octanol–water partition coefficient (Wildman–Crippen LogP) is 4.73. The fourth-order valence-corrected chi connectivity index (χ4v) is 5.38. The van der Waals surface area contributed by atoms with Crippen LogP contribution in [0.1, 0.15) is 12.5 Å². The number of aryl methyl sites for hydroxylation is 1. The molecule has 0 aliphatic carbocycles. The first-order valence-corrected chi connectivity index (χ1v) is 10.3. The predicted molar refractivity (Wildman–Crippen MR) is 103 cm³/mol. The van der Waals surface area contributed by atoms with Gasteiger partial charge in [-0.2, -0.15) is 11.3 Å². The monoisotopic (exact) mass is 400 g/mol. The number of sulfone groups is 1. The molecule has 0 saturated carbocycles. The van der Waals surface area contributed by atoms with Crippen LogP contribution in [0.3, 0.4) is 0 Å². The van der Waals surface area contributed by atoms with Gasteiger partial charge >= 0.3 is 0 Å². The number of halogens is 1. The zero-order valence-electron chi connectivity index (χ0n) is 13.1. The smallest absolute Gasteiger partial charge is 0.217 e. The molecule has 4 nitrogen and oxygen atoms in total. The summed E-state index contributed by atoms with van der Waals surface area (Å²) in [4.78, 5) is 4.39. The van der Waals surface area contributed by atoms with Gasteiger partial charge in [0.2, 0.25) is 9.84 Å². The van der Waals surface area contributed by atoms with Crippen molar-refractivity contribution >= 4 is 50.0 Å². The van der Waals surface area contributed by atoms with E-state index in [-0.39, 0.29) is 16.6 Å². The van der Waals surface area contributed by atoms with Crippen molar-refractivity contribution < 1.29 is 8.42 Å². The van der Waals surface area contributed by atoms with Gasteiger partial charge in [-0.05, 0) is 52.1 Å². The van der Waals surface area contributed by atoms with Gasteiger partial charge in [-0.15, -0.1) is 12.4 Å². The molecule has 2 heterocycles. The lowest BCUT2D eigenvalue weighted by Crippen LogP contribution is -2.01. The Labute approximate surface area is 155 Å². The van der Waals surface area contributed by atoms with Crippen LogP contribution in [0.4, 0.5) is 5.13 Å². The van der Waals surface area contributed by atoms with Crippen molar-refractivity contribution in [2.24, 2.45) is 0 Å². The standard InChI is InChI=1S/C16H16N2O2S3.ClH/c1-3-11-6-13(12-4-5-21-10-12)8-14(7-11)23(19,20)15-9-18-16(17-2)22-15;/h4-10H,3H2,1-2H3,(H,17,18);1H. The van der Waals surface area contributed by atoms with E-state index in [2.05, 4.69) is 10.3 Å². The van der Waals surface area contributed by atoms with Crippen LogP contribution in [0.25, 0.3) is 11.1 Å². The molecule has 2 aromatic heterocycles. The summed E-state index contributed by atoms with van der Waals surface area (Å²) >= 11 is 2.74. The molecule has 0 radical (unpaired) electrons. The van der Waals surface area contributed by atoms with Gasteiger partial charge in [-0.1, -0.05) is 24.3 Å². The van der Waals surface area contributed by atoms with Gasteiger partial charge in [0.15, 0.2) is 5.13 Å². The number of aromatic nitrogens is 1. The van der Waals surface area contributed by atoms with E-state index in [0.29, 0.717) is 10.0 Å². The van der Waals surface area contributed by atoms with Gasteiger partial charge in [0.1, 0.15) is 4.21 Å². The first-order valence-electron chi connectivity index (χ1n) is 7.10. The molecule has 1 aromatic carbocycles. The molecule has 0 spiro atoms. The second-order valence-electron chi connectivity index (χ2n) is 4.97. The third-order valence-corrected chi connectivity index (χ3v) is 7.39. The fraction of sp³-hybridized carbons (Fsp3) is 0.188. The maximum atomic E-state index is 12.9. The Hall–Kier alpha value is -1.41. The SMILES string of the molecule is CCc1cc(-c2ccsc2)cc(S(=O)(=O)c2cnc(NC)s2)c1.Cl. The second-order valence-corrected chi connectivity index (χ2v) is 8.96. The molecule has 0 aliphatic rings. The maximum absolute atomic E-state index is 12.9. The molecule has 0 bridgehead atoms. The van der Waals surface area contributed by atoms with Crippen LogP contribution >= 0.6 is 35.1 Å². The number of hydrogen-bond donors (Lipinski definition) is 1. The van der Waals surface area contributed by atoms with E-state index in [1.165, 1.54) is 6.20 Å². The van der Waals surface area contributed by atoms with Crippen molar-refractivity contribution in [3.05, 3.63) is 46.8 Å². The van der Waals surface area contributed by atoms with E-state index in [0.717, 1.165) is 34.4 Å². The number of nitrogens with zero attached hydrogens (tertiary/aromatic N) is 1. The Morgan fingerprint density at radius 3 is 2.58 bits per heavy atom. The van der Waals surface area contributed by atoms with Crippen molar-refractivity contribution in [2.75, 3.05) is 12.4 Å². The molecule has 128 valence electrons. The normalized spacial score (nSPS) is 11.1. The quantitative estimate of drug-likeness (QED) is 0.672. The lowest BCUT2D eigenvalue weighted by atomic mass is 10.0. The number of anilines is 1. The van der Waals surface area contributed by atoms with Crippen LogP contribution in [-0.2, 0) is 16.3 Å². The summed E-state index contributed by atoms with van der Waals surface area (Å²) in [5, 5.41) is 7.48. The van der Waals surface area contributed by atoms with Gasteiger partial charge in [-0.25, -0.2) is 13.4 Å². The molecule has 3 rings (SSSR count). The largest absolute Gasteiger partial charge is 0.365 e. The van der Waals surface area contributed by atoms with E-state index < -0.39 is 9.84 Å². The van der Waals surface area contributed by atoms with Crippen LogP contribution < -0.4 is 5.32 Å². The summed E-state index contributed by atoms with van der Waals surface area (Å²) in [6.45, 7) is 2.02. The molecule has 1 N–H and O–H groups in total. The highest BCUT2D eigenvalue weighted by Gasteiger charge is 2.22. The van der Waals surface area contributed by atoms with Crippen molar-refractivity contribution in [2.45, 2.75) is 22.4 Å². The molecule has 0 saturated heterocycles. The Kier molecular flexibility index (Phi) is 6.03. The van der Waals surface area contributed by atoms with E-state index in [4.69, 9.17) is 0 Å². The summed E-state index contributed by atoms with van der Waals surface area (Å²) in [6, 6.07) is 7.55. The summed E-state index contributed by atoms with van der Waals surface area (Å²) in [7, 11) is -1.83. The third kappa shape index (κ3) is 3.64. The molecule has 8 heteroatoms. The molecular formula is C16H17ClN2O2S3. The Morgan fingerprint density at radius 1 is 1.21 bits per heavy atom. The van der Waals surface area contributed by atoms with E-state index in [1.54, 1.807) is 30.5 Å². The van der Waals surface area contributed by atoms with Gasteiger partial charge in [-0.3, -0.25) is 0 Å². The number of nitrogens with one attached hydrogen (secondary N) is 1. The van der Waals surface area contributed by atoms with Crippen LogP contribution in [0.5, 0.6) is 0 Å². The molecule has 0 amide bonds. The van der Waals surface area contributed by atoms with Crippen molar-refractivity contribution in [1.82, 2.24) is 4.98 Å². The highest BCUT2D eigenvalue weighted by Crippen LogP contribution is 2.32. The molecule has 0 atom stereocenters. The van der Waals surface area contributed by atoms with Crippen molar-refractivity contribution in [3.63, 3.8) is 0 Å². The number of thiophene rings is 1. The molecular weight excluding hydrogens is 384 g/mol. The van der Waals surface area contributed by atoms with Crippen LogP contribution in [0.2, 0.25) is 0 Å². The number of hydrogen-bond acceptors (Lipinski definition) is 6. The van der Waals surface area contributed by atoms with E-state index >= 15 is 0 Å². The topological polar surface area (TPSA) is 59.1 Å². The van der Waals surface area contributed by atoms with Gasteiger partial charge in [0.05, 0.1) is 11.1 Å². The van der Waals surface area contributed by atoms with E-state index in [1.807, 2.05) is 29.8 Å². The summed E-state index contributed by atoms with van der Waals surface area (Å²) in [6.07, 6.45) is 2.19. The number of benzene rings is 1. The summed E-state index contributed by atoms with van der Waals surface area (Å²) in [5.41, 5.74) is 2.98. The lowest BCUT2D eigenvalue weighted by Gasteiger charge is -2.08. The highest BCUT2D eigenvalue weighted by atomic mass is 35.5. The second kappa shape index (κ2) is 7.65. The van der Waals surface area contributed by atoms with Crippen LogP contribution in [0, 0.1) is 0 Å². The molecule has 0 fully saturated rings. The highest BCUT2D eigenvalue weighted by molar-refractivity contribution is 7.93. The Bertz CT molecular complexity index is 919. The summed E-state index contributed by atoms with van der Waals surface area (Å²) in [5.74, 6) is 0.